The van der Waals surface area contributed by atoms with Gasteiger partial charge in [0.25, 0.3) is 5.91 Å². The molecule has 0 aliphatic carbocycles. The molecule has 5 rings (SSSR count). The molecule has 194 valence electrons. The minimum Gasteiger partial charge on any atom is -0.316 e. The molecule has 2 fully saturated rings. The van der Waals surface area contributed by atoms with E-state index < -0.39 is 29.0 Å². The third-order valence-corrected chi connectivity index (χ3v) is 7.86. The van der Waals surface area contributed by atoms with E-state index in [4.69, 9.17) is 0 Å². The minimum atomic E-state index is -4.42. The second-order valence-electron chi connectivity index (χ2n) is 9.86. The van der Waals surface area contributed by atoms with E-state index in [2.05, 4.69) is 10.3 Å². The van der Waals surface area contributed by atoms with Crippen molar-refractivity contribution in [3.8, 4) is 0 Å². The van der Waals surface area contributed by atoms with Gasteiger partial charge in [0.15, 0.2) is 0 Å². The molecule has 2 atom stereocenters. The van der Waals surface area contributed by atoms with Crippen LogP contribution in [0.15, 0.2) is 65.7 Å². The van der Waals surface area contributed by atoms with Gasteiger partial charge in [0.1, 0.15) is 5.54 Å². The normalized spacial score (nSPS) is 21.1. The molecule has 2 unspecified atom stereocenters. The number of halogens is 3. The van der Waals surface area contributed by atoms with Crippen molar-refractivity contribution >= 4 is 40.3 Å². The van der Waals surface area contributed by atoms with Crippen LogP contribution in [0, 0.1) is 5.92 Å². The monoisotopic (exact) mass is 528 g/mol. The van der Waals surface area contributed by atoms with Crippen molar-refractivity contribution in [1.82, 2.24) is 15.2 Å². The number of urea groups is 1. The van der Waals surface area contributed by atoms with E-state index in [-0.39, 0.29) is 28.3 Å². The number of amides is 3. The second kappa shape index (κ2) is 9.64. The largest absolute Gasteiger partial charge is 0.446 e. The van der Waals surface area contributed by atoms with Gasteiger partial charge >= 0.3 is 11.5 Å². The number of hydrogen-bond donors (Lipinski definition) is 1. The third kappa shape index (κ3) is 4.80. The molecule has 0 radical (unpaired) electrons. The zero-order chi connectivity index (χ0) is 26.4. The summed E-state index contributed by atoms with van der Waals surface area (Å²) >= 11 is -0.236. The summed E-state index contributed by atoms with van der Waals surface area (Å²) in [4.78, 5) is 35.0. The number of thioether (sulfide) groups is 1. The average Bonchev–Trinajstić information content (AvgIpc) is 3.04. The molecule has 2 aromatic carbocycles. The number of benzene rings is 2. The Balaban J connectivity index is 1.58. The maximum absolute atomic E-state index is 14.0. The summed E-state index contributed by atoms with van der Waals surface area (Å²) in [6.45, 7) is 5.05. The number of piperidine rings is 1. The summed E-state index contributed by atoms with van der Waals surface area (Å²) < 4.78 is 38.4. The molecule has 3 aromatic rings. The second-order valence-corrected chi connectivity index (χ2v) is 11.0. The summed E-state index contributed by atoms with van der Waals surface area (Å²) in [5, 5.41) is 4.35. The maximum Gasteiger partial charge on any atom is 0.446 e. The quantitative estimate of drug-likeness (QED) is 0.319. The van der Waals surface area contributed by atoms with Crippen molar-refractivity contribution in [2.75, 3.05) is 18.0 Å². The lowest BCUT2D eigenvalue weighted by molar-refractivity contribution is -0.124. The molecule has 37 heavy (non-hydrogen) atoms. The lowest BCUT2D eigenvalue weighted by Gasteiger charge is -2.42. The first-order valence-electron chi connectivity index (χ1n) is 12.2. The van der Waals surface area contributed by atoms with Crippen molar-refractivity contribution < 1.29 is 22.8 Å². The Kier molecular flexibility index (Phi) is 6.66. The van der Waals surface area contributed by atoms with E-state index in [1.165, 1.54) is 24.3 Å². The summed E-state index contributed by atoms with van der Waals surface area (Å²) in [5.41, 5.74) is -3.62. The van der Waals surface area contributed by atoms with Crippen molar-refractivity contribution in [2.45, 2.75) is 48.7 Å². The molecule has 1 N–H and O–H groups in total. The molecule has 2 saturated heterocycles. The van der Waals surface area contributed by atoms with Gasteiger partial charge in [-0.1, -0.05) is 18.2 Å². The number of aromatic nitrogens is 1. The number of carbonyl (C=O) groups excluding carboxylic acids is 2. The van der Waals surface area contributed by atoms with Crippen LogP contribution in [0.2, 0.25) is 0 Å². The molecule has 0 bridgehead atoms. The van der Waals surface area contributed by atoms with Crippen LogP contribution in [0.5, 0.6) is 0 Å². The first-order valence-corrected chi connectivity index (χ1v) is 13.0. The number of nitrogens with one attached hydrogen (secondary N) is 1. The van der Waals surface area contributed by atoms with Crippen molar-refractivity contribution in [3.63, 3.8) is 0 Å². The van der Waals surface area contributed by atoms with Gasteiger partial charge in [0.05, 0.1) is 17.2 Å². The van der Waals surface area contributed by atoms with Crippen molar-refractivity contribution in [2.24, 2.45) is 5.92 Å². The van der Waals surface area contributed by atoms with Gasteiger partial charge in [-0.2, -0.15) is 13.2 Å². The van der Waals surface area contributed by atoms with Crippen LogP contribution in [0.3, 0.4) is 0 Å². The highest BCUT2D eigenvalue weighted by Crippen LogP contribution is 2.45. The van der Waals surface area contributed by atoms with Gasteiger partial charge in [-0.05, 0) is 92.9 Å². The summed E-state index contributed by atoms with van der Waals surface area (Å²) in [6.07, 6.45) is 3.56. The van der Waals surface area contributed by atoms with Crippen LogP contribution in [-0.4, -0.2) is 46.0 Å². The first kappa shape index (κ1) is 25.5. The molecular formula is C27H27F3N4O2S. The fraction of sp³-hybridized carbons (Fsp3) is 0.370. The Hall–Kier alpha value is -3.11. The average molecular weight is 529 g/mol. The fourth-order valence-corrected chi connectivity index (χ4v) is 5.97. The molecule has 0 saturated carbocycles. The number of rotatable bonds is 5. The molecule has 3 amide bonds. The van der Waals surface area contributed by atoms with Crippen LogP contribution >= 0.6 is 11.8 Å². The van der Waals surface area contributed by atoms with Crippen LogP contribution in [0.1, 0.15) is 38.3 Å². The summed E-state index contributed by atoms with van der Waals surface area (Å²) in [5.74, 6) is -0.359. The predicted octanol–water partition coefficient (Wildman–Crippen LogP) is 6.13. The number of carbonyl (C=O) groups is 2. The predicted molar refractivity (Wildman–Crippen MR) is 137 cm³/mol. The number of alkyl halides is 3. The standard InChI is InChI=1S/C27H27F3N4O2S/c1-26(2)24(35)33(18-9-11-19(12-10-18)37-27(28,29)30)25(36)34(26)23(17-6-5-14-31-16-17)21-13-15-32-22-8-4-3-7-20(21)22/h3-4,7-13,15,17,23,31H,5-6,14,16H2,1-2H3. The van der Waals surface area contributed by atoms with Gasteiger partial charge in [0, 0.05) is 23.0 Å². The maximum atomic E-state index is 14.0. The van der Waals surface area contributed by atoms with E-state index in [1.54, 1.807) is 24.9 Å². The van der Waals surface area contributed by atoms with Crippen molar-refractivity contribution in [3.05, 3.63) is 66.4 Å². The van der Waals surface area contributed by atoms with E-state index in [1.807, 2.05) is 30.3 Å². The van der Waals surface area contributed by atoms with Gasteiger partial charge < -0.3 is 10.2 Å². The van der Waals surface area contributed by atoms with Crippen LogP contribution in [-0.2, 0) is 4.79 Å². The zero-order valence-corrected chi connectivity index (χ0v) is 21.3. The van der Waals surface area contributed by atoms with E-state index in [0.29, 0.717) is 6.54 Å². The van der Waals surface area contributed by atoms with Gasteiger partial charge in [0.2, 0.25) is 0 Å². The van der Waals surface area contributed by atoms with Crippen molar-refractivity contribution in [1.29, 1.82) is 0 Å². The Morgan fingerprint density at radius 2 is 1.81 bits per heavy atom. The third-order valence-electron chi connectivity index (χ3n) is 7.12. The highest BCUT2D eigenvalue weighted by atomic mass is 32.2. The molecular weight excluding hydrogens is 501 g/mol. The van der Waals surface area contributed by atoms with E-state index in [0.717, 1.165) is 40.8 Å². The highest BCUT2D eigenvalue weighted by molar-refractivity contribution is 8.00. The zero-order valence-electron chi connectivity index (χ0n) is 20.5. The van der Waals surface area contributed by atoms with Gasteiger partial charge in [-0.25, -0.2) is 9.69 Å². The number of hydrogen-bond acceptors (Lipinski definition) is 5. The molecule has 6 nitrogen and oxygen atoms in total. The van der Waals surface area contributed by atoms with E-state index in [9.17, 15) is 22.8 Å². The van der Waals surface area contributed by atoms with Gasteiger partial charge in [-0.15, -0.1) is 0 Å². The Labute approximate surface area is 217 Å². The number of fused-ring (bicyclic) bond motifs is 1. The number of anilines is 1. The molecule has 1 aromatic heterocycles. The van der Waals surface area contributed by atoms with Crippen LogP contribution in [0.25, 0.3) is 10.9 Å². The Morgan fingerprint density at radius 1 is 1.08 bits per heavy atom. The molecule has 2 aliphatic heterocycles. The number of imide groups is 1. The molecule has 2 aliphatic rings. The van der Waals surface area contributed by atoms with E-state index >= 15 is 0 Å². The Bertz CT molecular complexity index is 1320. The number of nitrogens with zero attached hydrogens (tertiary/aromatic N) is 3. The first-order chi connectivity index (χ1) is 17.6. The molecule has 3 heterocycles. The summed E-state index contributed by atoms with van der Waals surface area (Å²) in [7, 11) is 0. The Morgan fingerprint density at radius 3 is 2.49 bits per heavy atom. The highest BCUT2D eigenvalue weighted by Gasteiger charge is 2.56. The number of pyridine rings is 1. The number of para-hydroxylation sites is 1. The minimum absolute atomic E-state index is 0.0131. The van der Waals surface area contributed by atoms with Crippen LogP contribution in [0.4, 0.5) is 23.7 Å². The van der Waals surface area contributed by atoms with Crippen LogP contribution < -0.4 is 10.2 Å². The lowest BCUT2D eigenvalue weighted by Crippen LogP contribution is -2.50. The van der Waals surface area contributed by atoms with Gasteiger partial charge in [-0.3, -0.25) is 9.78 Å². The summed E-state index contributed by atoms with van der Waals surface area (Å²) in [6, 6.07) is 14.1. The topological polar surface area (TPSA) is 65.5 Å². The molecule has 10 heteroatoms. The fourth-order valence-electron chi connectivity index (χ4n) is 5.43. The lowest BCUT2D eigenvalue weighted by atomic mass is 9.83. The smallest absolute Gasteiger partial charge is 0.316 e. The SMILES string of the molecule is CC1(C)C(=O)N(c2ccc(SC(F)(F)F)cc2)C(=O)N1C(c1ccnc2ccccc12)C1CCCNC1. The molecule has 0 spiro atoms.